The molecule has 2 nitrogen and oxygen atoms in total. The highest BCUT2D eigenvalue weighted by molar-refractivity contribution is 6.83. The maximum atomic E-state index is 5.95. The summed E-state index contributed by atoms with van der Waals surface area (Å²) in [6.07, 6.45) is 2.15. The average molecular weight is 302 g/mol. The van der Waals surface area contributed by atoms with Crippen molar-refractivity contribution in [3.05, 3.63) is 29.3 Å². The minimum absolute atomic E-state index is 0.0331. The fourth-order valence-corrected chi connectivity index (χ4v) is 3.24. The maximum absolute atomic E-state index is 5.95. The van der Waals surface area contributed by atoms with E-state index in [9.17, 15) is 0 Å². The van der Waals surface area contributed by atoms with Crippen LogP contribution >= 0.6 is 0 Å². The smallest absolute Gasteiger partial charge is 0.129 e. The van der Waals surface area contributed by atoms with Crippen LogP contribution in [-0.4, -0.2) is 28.4 Å². The second-order valence-electron chi connectivity index (χ2n) is 7.16. The summed E-state index contributed by atoms with van der Waals surface area (Å²) in [6, 6.07) is 6.39. The molecule has 0 spiro atoms. The Kier molecular flexibility index (Phi) is 4.80. The fourth-order valence-electron chi connectivity index (χ4n) is 2.73. The molecule has 1 aromatic rings. The highest BCUT2D eigenvalue weighted by atomic mass is 28.3. The number of rotatable bonds is 2. The van der Waals surface area contributed by atoms with Crippen LogP contribution < -0.4 is 4.74 Å². The van der Waals surface area contributed by atoms with Crippen molar-refractivity contribution >= 4 is 8.07 Å². The van der Waals surface area contributed by atoms with Crippen molar-refractivity contribution in [3.63, 3.8) is 0 Å². The van der Waals surface area contributed by atoms with Gasteiger partial charge in [-0.2, -0.15) is 0 Å². The molecule has 2 rings (SSSR count). The first-order valence-corrected chi connectivity index (χ1v) is 11.1. The van der Waals surface area contributed by atoms with Gasteiger partial charge in [0.15, 0.2) is 0 Å². The van der Waals surface area contributed by atoms with Gasteiger partial charge in [0.1, 0.15) is 13.8 Å². The molecule has 114 valence electrons. The van der Waals surface area contributed by atoms with E-state index in [0.717, 1.165) is 37.4 Å². The van der Waals surface area contributed by atoms with Crippen molar-refractivity contribution in [2.24, 2.45) is 0 Å². The molecule has 0 bridgehead atoms. The fraction of sp³-hybridized carbons (Fsp3) is 0.556. The Bertz CT molecular complexity index is 563. The molecule has 1 aliphatic rings. The molecule has 3 heteroatoms. The van der Waals surface area contributed by atoms with E-state index < -0.39 is 8.07 Å². The van der Waals surface area contributed by atoms with E-state index in [-0.39, 0.29) is 5.41 Å². The lowest BCUT2D eigenvalue weighted by atomic mass is 9.79. The first-order valence-electron chi connectivity index (χ1n) is 7.63. The van der Waals surface area contributed by atoms with E-state index in [0.29, 0.717) is 0 Å². The third-order valence-corrected chi connectivity index (χ3v) is 4.68. The number of methoxy groups -OCH3 is 1. The number of hydrogen-bond acceptors (Lipinski definition) is 2. The summed E-state index contributed by atoms with van der Waals surface area (Å²) in [5.74, 6) is 4.30. The number of fused-ring (bicyclic) bond motifs is 1. The van der Waals surface area contributed by atoms with Crippen LogP contribution in [0.15, 0.2) is 18.2 Å². The van der Waals surface area contributed by atoms with E-state index >= 15 is 0 Å². The molecule has 1 atom stereocenters. The van der Waals surface area contributed by atoms with Gasteiger partial charge in [-0.25, -0.2) is 0 Å². The van der Waals surface area contributed by atoms with E-state index in [1.807, 2.05) is 0 Å². The second-order valence-corrected chi connectivity index (χ2v) is 11.9. The first-order chi connectivity index (χ1) is 9.84. The lowest BCUT2D eigenvalue weighted by Crippen LogP contribution is -2.27. The van der Waals surface area contributed by atoms with Crippen molar-refractivity contribution in [3.8, 4) is 17.2 Å². The summed E-state index contributed by atoms with van der Waals surface area (Å²) in [5.41, 5.74) is 5.75. The molecule has 0 radical (unpaired) electrons. The molecule has 0 aromatic heterocycles. The second kappa shape index (κ2) is 6.25. The molecule has 1 heterocycles. The molecule has 0 amide bonds. The zero-order valence-corrected chi connectivity index (χ0v) is 14.9. The molecule has 21 heavy (non-hydrogen) atoms. The Morgan fingerprint density at radius 2 is 2.10 bits per heavy atom. The topological polar surface area (TPSA) is 18.5 Å². The third kappa shape index (κ3) is 4.12. The van der Waals surface area contributed by atoms with Gasteiger partial charge >= 0.3 is 0 Å². The predicted octanol–water partition coefficient (Wildman–Crippen LogP) is 3.99. The largest absolute Gasteiger partial charge is 0.493 e. The Balaban J connectivity index is 2.38. The molecular weight excluding hydrogens is 276 g/mol. The van der Waals surface area contributed by atoms with Crippen LogP contribution in [0.3, 0.4) is 0 Å². The standard InChI is InChI=1S/C18H26O2Si/c1-18(14-19-2)10-6-11-20-17-13-15(7-8-16(17)18)9-12-21(3,4)5/h7-8,13H,6,10-11,14H2,1-5H3. The summed E-state index contributed by atoms with van der Waals surface area (Å²) in [6.45, 7) is 10.5. The molecular formula is C18H26O2Si. The van der Waals surface area contributed by atoms with E-state index in [4.69, 9.17) is 9.47 Å². The average Bonchev–Trinajstić information content (AvgIpc) is 2.56. The van der Waals surface area contributed by atoms with Gasteiger partial charge in [0, 0.05) is 23.7 Å². The molecule has 0 saturated carbocycles. The SMILES string of the molecule is COCC1(C)CCCOc2cc(C#C[Si](C)(C)C)ccc21. The van der Waals surface area contributed by atoms with E-state index in [1.165, 1.54) is 5.56 Å². The molecule has 0 saturated heterocycles. The predicted molar refractivity (Wildman–Crippen MR) is 90.6 cm³/mol. The summed E-state index contributed by atoms with van der Waals surface area (Å²) in [4.78, 5) is 0. The monoisotopic (exact) mass is 302 g/mol. The van der Waals surface area contributed by atoms with Crippen LogP contribution in [0, 0.1) is 11.5 Å². The van der Waals surface area contributed by atoms with Gasteiger partial charge in [0.2, 0.25) is 0 Å². The Morgan fingerprint density at radius 1 is 1.33 bits per heavy atom. The van der Waals surface area contributed by atoms with E-state index in [1.54, 1.807) is 7.11 Å². The Labute approximate surface area is 129 Å². The lowest BCUT2D eigenvalue weighted by Gasteiger charge is -2.28. The highest BCUT2D eigenvalue weighted by Gasteiger charge is 2.31. The quantitative estimate of drug-likeness (QED) is 0.607. The van der Waals surface area contributed by atoms with Gasteiger partial charge < -0.3 is 9.47 Å². The van der Waals surface area contributed by atoms with Gasteiger partial charge in [-0.3, -0.25) is 0 Å². The van der Waals surface area contributed by atoms with Crippen molar-refractivity contribution in [2.45, 2.75) is 44.8 Å². The highest BCUT2D eigenvalue weighted by Crippen LogP contribution is 2.38. The van der Waals surface area contributed by atoms with Crippen LogP contribution in [0.4, 0.5) is 0 Å². The van der Waals surface area contributed by atoms with Gasteiger partial charge in [-0.05, 0) is 25.0 Å². The van der Waals surface area contributed by atoms with Crippen molar-refractivity contribution in [1.29, 1.82) is 0 Å². The van der Waals surface area contributed by atoms with Crippen LogP contribution in [0.25, 0.3) is 0 Å². The van der Waals surface area contributed by atoms with Gasteiger partial charge in [0.25, 0.3) is 0 Å². The zero-order chi connectivity index (χ0) is 15.5. The summed E-state index contributed by atoms with van der Waals surface area (Å²) in [5, 5.41) is 0. The van der Waals surface area contributed by atoms with Gasteiger partial charge in [-0.1, -0.05) is 38.6 Å². The molecule has 0 N–H and O–H groups in total. The minimum Gasteiger partial charge on any atom is -0.493 e. The van der Waals surface area contributed by atoms with E-state index in [2.05, 4.69) is 56.2 Å². The van der Waals surface area contributed by atoms with Crippen LogP contribution in [-0.2, 0) is 10.2 Å². The van der Waals surface area contributed by atoms with Crippen molar-refractivity contribution in [1.82, 2.24) is 0 Å². The normalized spacial score (nSPS) is 21.6. The number of hydrogen-bond donors (Lipinski definition) is 0. The number of ether oxygens (including phenoxy) is 2. The van der Waals surface area contributed by atoms with Gasteiger partial charge in [0.05, 0.1) is 13.2 Å². The first kappa shape index (κ1) is 16.1. The molecule has 1 aliphatic heterocycles. The molecule has 1 aromatic carbocycles. The van der Waals surface area contributed by atoms with Gasteiger partial charge in [-0.15, -0.1) is 5.54 Å². The minimum atomic E-state index is -1.35. The zero-order valence-electron chi connectivity index (χ0n) is 13.9. The summed E-state index contributed by atoms with van der Waals surface area (Å²) in [7, 11) is 0.420. The maximum Gasteiger partial charge on any atom is 0.129 e. The molecule has 0 fully saturated rings. The molecule has 0 aliphatic carbocycles. The Hall–Kier alpha value is -1.24. The van der Waals surface area contributed by atoms with Crippen molar-refractivity contribution in [2.75, 3.05) is 20.3 Å². The van der Waals surface area contributed by atoms with Crippen LogP contribution in [0.2, 0.25) is 19.6 Å². The third-order valence-electron chi connectivity index (χ3n) is 3.81. The number of benzene rings is 1. The Morgan fingerprint density at radius 3 is 2.76 bits per heavy atom. The van der Waals surface area contributed by atoms with Crippen LogP contribution in [0.1, 0.15) is 30.9 Å². The summed E-state index contributed by atoms with van der Waals surface area (Å²) < 4.78 is 11.4. The summed E-state index contributed by atoms with van der Waals surface area (Å²) >= 11 is 0. The lowest BCUT2D eigenvalue weighted by molar-refractivity contribution is 0.133. The van der Waals surface area contributed by atoms with Crippen LogP contribution in [0.5, 0.6) is 5.75 Å². The molecule has 1 unspecified atom stereocenters. The van der Waals surface area contributed by atoms with Crippen molar-refractivity contribution < 1.29 is 9.47 Å².